The summed E-state index contributed by atoms with van der Waals surface area (Å²) in [5.41, 5.74) is 7.95. The van der Waals surface area contributed by atoms with E-state index in [0.717, 1.165) is 17.5 Å². The highest BCUT2D eigenvalue weighted by molar-refractivity contribution is 5.80. The molecule has 0 bridgehead atoms. The number of rotatable bonds is 7. The predicted octanol–water partition coefficient (Wildman–Crippen LogP) is 2.94. The standard InChI is InChI=1S/C17H28N2O2/c1-11(2)8-9-19-17(20)14(5)21-16-10-12(3)6-7-15(16)13(4)18/h6-7,10-11,13-14H,8-9,18H2,1-5H3,(H,19,20)/t13-,14?/m0/s1. The average Bonchev–Trinajstić information content (AvgIpc) is 2.37. The number of carbonyl (C=O) groups is 1. The van der Waals surface area contributed by atoms with E-state index in [1.807, 2.05) is 32.0 Å². The van der Waals surface area contributed by atoms with Crippen molar-refractivity contribution >= 4 is 5.91 Å². The van der Waals surface area contributed by atoms with Gasteiger partial charge < -0.3 is 15.8 Å². The van der Waals surface area contributed by atoms with E-state index in [-0.39, 0.29) is 11.9 Å². The molecule has 0 aliphatic heterocycles. The van der Waals surface area contributed by atoms with Crippen molar-refractivity contribution in [1.82, 2.24) is 5.32 Å². The van der Waals surface area contributed by atoms with Gasteiger partial charge in [-0.25, -0.2) is 0 Å². The third kappa shape index (κ3) is 5.76. The molecule has 118 valence electrons. The Balaban J connectivity index is 2.67. The Morgan fingerprint density at radius 1 is 1.29 bits per heavy atom. The molecule has 0 radical (unpaired) electrons. The Bertz CT molecular complexity index is 470. The summed E-state index contributed by atoms with van der Waals surface area (Å²) in [6.07, 6.45) is 0.435. The van der Waals surface area contributed by atoms with Crippen molar-refractivity contribution in [1.29, 1.82) is 0 Å². The van der Waals surface area contributed by atoms with Crippen LogP contribution in [0.3, 0.4) is 0 Å². The molecule has 0 saturated heterocycles. The summed E-state index contributed by atoms with van der Waals surface area (Å²) >= 11 is 0. The summed E-state index contributed by atoms with van der Waals surface area (Å²) in [7, 11) is 0. The highest BCUT2D eigenvalue weighted by Gasteiger charge is 2.17. The highest BCUT2D eigenvalue weighted by atomic mass is 16.5. The number of carbonyl (C=O) groups excluding carboxylic acids is 1. The van der Waals surface area contributed by atoms with Crippen molar-refractivity contribution in [3.05, 3.63) is 29.3 Å². The van der Waals surface area contributed by atoms with Gasteiger partial charge in [-0.3, -0.25) is 4.79 Å². The third-order valence-corrected chi connectivity index (χ3v) is 3.35. The van der Waals surface area contributed by atoms with E-state index in [2.05, 4.69) is 19.2 Å². The molecule has 0 fully saturated rings. The van der Waals surface area contributed by atoms with Crippen LogP contribution in [0.5, 0.6) is 5.75 Å². The first kappa shape index (κ1) is 17.5. The molecule has 0 heterocycles. The summed E-state index contributed by atoms with van der Waals surface area (Å²) in [6, 6.07) is 5.76. The van der Waals surface area contributed by atoms with Gasteiger partial charge in [-0.05, 0) is 44.7 Å². The molecule has 1 rings (SSSR count). The smallest absolute Gasteiger partial charge is 0.260 e. The lowest BCUT2D eigenvalue weighted by Gasteiger charge is -2.19. The van der Waals surface area contributed by atoms with Crippen LogP contribution in [0.4, 0.5) is 0 Å². The van der Waals surface area contributed by atoms with Gasteiger partial charge in [0, 0.05) is 18.2 Å². The van der Waals surface area contributed by atoms with E-state index >= 15 is 0 Å². The fraction of sp³-hybridized carbons (Fsp3) is 0.588. The fourth-order valence-electron chi connectivity index (χ4n) is 1.99. The first-order chi connectivity index (χ1) is 9.81. The van der Waals surface area contributed by atoms with Gasteiger partial charge in [0.15, 0.2) is 6.10 Å². The third-order valence-electron chi connectivity index (χ3n) is 3.35. The van der Waals surface area contributed by atoms with Crippen LogP contribution in [0.1, 0.15) is 51.3 Å². The van der Waals surface area contributed by atoms with Crippen LogP contribution in [-0.4, -0.2) is 18.6 Å². The number of nitrogens with two attached hydrogens (primary N) is 1. The average molecular weight is 292 g/mol. The maximum atomic E-state index is 12.0. The van der Waals surface area contributed by atoms with E-state index in [9.17, 15) is 4.79 Å². The maximum Gasteiger partial charge on any atom is 0.260 e. The molecule has 4 heteroatoms. The molecule has 0 spiro atoms. The number of aryl methyl sites for hydroxylation is 1. The second kappa shape index (κ2) is 8.03. The molecule has 1 aromatic carbocycles. The number of ether oxygens (including phenoxy) is 1. The van der Waals surface area contributed by atoms with Crippen molar-refractivity contribution < 1.29 is 9.53 Å². The summed E-state index contributed by atoms with van der Waals surface area (Å²) in [6.45, 7) is 10.6. The maximum absolute atomic E-state index is 12.0. The number of nitrogens with one attached hydrogen (secondary N) is 1. The second-order valence-corrected chi connectivity index (χ2v) is 6.06. The lowest BCUT2D eigenvalue weighted by molar-refractivity contribution is -0.127. The monoisotopic (exact) mass is 292 g/mol. The van der Waals surface area contributed by atoms with Crippen molar-refractivity contribution in [3.63, 3.8) is 0 Å². The SMILES string of the molecule is Cc1ccc([C@H](C)N)c(OC(C)C(=O)NCCC(C)C)c1. The zero-order chi connectivity index (χ0) is 16.0. The molecule has 21 heavy (non-hydrogen) atoms. The van der Waals surface area contributed by atoms with Crippen LogP contribution in [-0.2, 0) is 4.79 Å². The minimum absolute atomic E-state index is 0.0900. The van der Waals surface area contributed by atoms with E-state index in [0.29, 0.717) is 18.2 Å². The zero-order valence-corrected chi connectivity index (χ0v) is 13.8. The lowest BCUT2D eigenvalue weighted by Crippen LogP contribution is -2.37. The van der Waals surface area contributed by atoms with Crippen LogP contribution in [0.15, 0.2) is 18.2 Å². The van der Waals surface area contributed by atoms with Crippen LogP contribution < -0.4 is 15.8 Å². The molecule has 2 atom stereocenters. The van der Waals surface area contributed by atoms with Gasteiger partial charge in [-0.2, -0.15) is 0 Å². The zero-order valence-electron chi connectivity index (χ0n) is 13.8. The molecule has 3 N–H and O–H groups in total. The molecular weight excluding hydrogens is 264 g/mol. The van der Waals surface area contributed by atoms with Gasteiger partial charge in [0.05, 0.1) is 0 Å². The summed E-state index contributed by atoms with van der Waals surface area (Å²) in [5.74, 6) is 1.17. The van der Waals surface area contributed by atoms with Gasteiger partial charge in [0.1, 0.15) is 5.75 Å². The van der Waals surface area contributed by atoms with Crippen LogP contribution in [0.2, 0.25) is 0 Å². The Hall–Kier alpha value is -1.55. The highest BCUT2D eigenvalue weighted by Crippen LogP contribution is 2.26. The Kier molecular flexibility index (Phi) is 6.69. The second-order valence-electron chi connectivity index (χ2n) is 6.06. The van der Waals surface area contributed by atoms with Gasteiger partial charge in [-0.1, -0.05) is 26.0 Å². The van der Waals surface area contributed by atoms with Crippen LogP contribution >= 0.6 is 0 Å². The van der Waals surface area contributed by atoms with Crippen molar-refractivity contribution in [2.75, 3.05) is 6.54 Å². The van der Waals surface area contributed by atoms with Crippen LogP contribution in [0.25, 0.3) is 0 Å². The first-order valence-electron chi connectivity index (χ1n) is 7.61. The van der Waals surface area contributed by atoms with E-state index in [4.69, 9.17) is 10.5 Å². The minimum atomic E-state index is -0.531. The van der Waals surface area contributed by atoms with E-state index in [1.54, 1.807) is 6.92 Å². The van der Waals surface area contributed by atoms with E-state index in [1.165, 1.54) is 0 Å². The summed E-state index contributed by atoms with van der Waals surface area (Å²) in [4.78, 5) is 12.0. The number of benzene rings is 1. The van der Waals surface area contributed by atoms with Gasteiger partial charge in [0.25, 0.3) is 5.91 Å². The number of hydrogen-bond donors (Lipinski definition) is 2. The quantitative estimate of drug-likeness (QED) is 0.812. The molecule has 1 aromatic rings. The normalized spacial score (nSPS) is 13.9. The largest absolute Gasteiger partial charge is 0.481 e. The minimum Gasteiger partial charge on any atom is -0.481 e. The predicted molar refractivity (Wildman–Crippen MR) is 86.3 cm³/mol. The fourth-order valence-corrected chi connectivity index (χ4v) is 1.99. The number of amides is 1. The van der Waals surface area contributed by atoms with Crippen molar-refractivity contribution in [2.45, 2.75) is 53.2 Å². The molecule has 0 aromatic heterocycles. The van der Waals surface area contributed by atoms with Gasteiger partial charge in [0.2, 0.25) is 0 Å². The molecule has 0 aliphatic carbocycles. The van der Waals surface area contributed by atoms with Gasteiger partial charge in [-0.15, -0.1) is 0 Å². The summed E-state index contributed by atoms with van der Waals surface area (Å²) in [5, 5.41) is 2.90. The van der Waals surface area contributed by atoms with E-state index < -0.39 is 6.10 Å². The van der Waals surface area contributed by atoms with Crippen molar-refractivity contribution in [2.24, 2.45) is 11.7 Å². The summed E-state index contributed by atoms with van der Waals surface area (Å²) < 4.78 is 5.81. The first-order valence-corrected chi connectivity index (χ1v) is 7.61. The number of hydrogen-bond acceptors (Lipinski definition) is 3. The Morgan fingerprint density at radius 2 is 1.95 bits per heavy atom. The van der Waals surface area contributed by atoms with Crippen LogP contribution in [0, 0.1) is 12.8 Å². The molecule has 1 unspecified atom stereocenters. The Labute approximate surface area is 128 Å². The van der Waals surface area contributed by atoms with Crippen molar-refractivity contribution in [3.8, 4) is 5.75 Å². The molecule has 0 saturated carbocycles. The van der Waals surface area contributed by atoms with Gasteiger partial charge >= 0.3 is 0 Å². The molecule has 0 aliphatic rings. The molecule has 4 nitrogen and oxygen atoms in total. The molecule has 1 amide bonds. The molecular formula is C17H28N2O2. The Morgan fingerprint density at radius 3 is 2.52 bits per heavy atom. The topological polar surface area (TPSA) is 64.3 Å². The lowest BCUT2D eigenvalue weighted by atomic mass is 10.1.